The van der Waals surface area contributed by atoms with E-state index in [0.717, 1.165) is 22.6 Å². The Labute approximate surface area is 153 Å². The molecule has 0 aliphatic carbocycles. The van der Waals surface area contributed by atoms with Crippen LogP contribution < -0.4 is 10.1 Å². The van der Waals surface area contributed by atoms with Crippen molar-refractivity contribution >= 4 is 5.91 Å². The molecular formula is C21H23N3O2. The molecule has 1 amide bonds. The molecule has 3 rings (SSSR count). The fourth-order valence-electron chi connectivity index (χ4n) is 2.92. The Hall–Kier alpha value is -3.08. The van der Waals surface area contributed by atoms with Gasteiger partial charge in [-0.3, -0.25) is 9.48 Å². The van der Waals surface area contributed by atoms with Gasteiger partial charge in [0.25, 0.3) is 5.91 Å². The quantitative estimate of drug-likeness (QED) is 0.730. The topological polar surface area (TPSA) is 56.2 Å². The maximum Gasteiger partial charge on any atom is 0.270 e. The van der Waals surface area contributed by atoms with Crippen LogP contribution in [-0.2, 0) is 6.54 Å². The molecule has 0 radical (unpaired) electrons. The number of carbonyl (C=O) groups excluding carboxylic acids is 1. The first kappa shape index (κ1) is 17.7. The second-order valence-electron chi connectivity index (χ2n) is 6.04. The van der Waals surface area contributed by atoms with E-state index < -0.39 is 0 Å². The average molecular weight is 349 g/mol. The minimum absolute atomic E-state index is 0.0846. The Balaban J connectivity index is 1.88. The van der Waals surface area contributed by atoms with E-state index in [1.807, 2.05) is 74.5 Å². The van der Waals surface area contributed by atoms with Crippen molar-refractivity contribution in [2.45, 2.75) is 26.4 Å². The van der Waals surface area contributed by atoms with Crippen LogP contribution in [0.25, 0.3) is 11.3 Å². The number of nitrogens with one attached hydrogen (secondary N) is 1. The van der Waals surface area contributed by atoms with Gasteiger partial charge in [0.1, 0.15) is 11.4 Å². The fourth-order valence-corrected chi connectivity index (χ4v) is 2.92. The molecule has 2 aromatic carbocycles. The van der Waals surface area contributed by atoms with Crippen molar-refractivity contribution in [2.24, 2.45) is 0 Å². The lowest BCUT2D eigenvalue weighted by molar-refractivity contribution is 0.0929. The van der Waals surface area contributed by atoms with Crippen LogP contribution >= 0.6 is 0 Å². The average Bonchev–Trinajstić information content (AvgIpc) is 3.13. The molecule has 1 atom stereocenters. The van der Waals surface area contributed by atoms with Crippen LogP contribution in [0.4, 0.5) is 0 Å². The second-order valence-corrected chi connectivity index (χ2v) is 6.04. The number of hydrogen-bond acceptors (Lipinski definition) is 3. The van der Waals surface area contributed by atoms with Gasteiger partial charge in [-0.05, 0) is 37.6 Å². The smallest absolute Gasteiger partial charge is 0.270 e. The van der Waals surface area contributed by atoms with Gasteiger partial charge in [0.05, 0.1) is 18.8 Å². The number of nitrogens with zero attached hydrogens (tertiary/aromatic N) is 2. The highest BCUT2D eigenvalue weighted by Crippen LogP contribution is 2.29. The van der Waals surface area contributed by atoms with Crippen molar-refractivity contribution < 1.29 is 9.53 Å². The largest absolute Gasteiger partial charge is 0.496 e. The molecule has 0 aliphatic rings. The molecule has 1 unspecified atom stereocenters. The summed E-state index contributed by atoms with van der Waals surface area (Å²) in [5.74, 6) is 0.592. The molecule has 5 heteroatoms. The monoisotopic (exact) mass is 349 g/mol. The van der Waals surface area contributed by atoms with Gasteiger partial charge >= 0.3 is 0 Å². The van der Waals surface area contributed by atoms with E-state index in [2.05, 4.69) is 10.4 Å². The molecule has 134 valence electrons. The Kier molecular flexibility index (Phi) is 5.37. The van der Waals surface area contributed by atoms with Gasteiger partial charge in [-0.25, -0.2) is 0 Å². The van der Waals surface area contributed by atoms with Crippen LogP contribution in [-0.4, -0.2) is 22.8 Å². The summed E-state index contributed by atoms with van der Waals surface area (Å²) in [4.78, 5) is 12.8. The maximum atomic E-state index is 12.8. The highest BCUT2D eigenvalue weighted by molar-refractivity contribution is 5.94. The molecule has 0 fully saturated rings. The van der Waals surface area contributed by atoms with E-state index in [1.165, 1.54) is 0 Å². The highest BCUT2D eigenvalue weighted by atomic mass is 16.5. The van der Waals surface area contributed by atoms with Crippen LogP contribution in [0, 0.1) is 0 Å². The van der Waals surface area contributed by atoms with Gasteiger partial charge in [0.15, 0.2) is 0 Å². The Morgan fingerprint density at radius 1 is 1.15 bits per heavy atom. The number of hydrogen-bond donors (Lipinski definition) is 1. The first-order valence-electron chi connectivity index (χ1n) is 8.71. The third kappa shape index (κ3) is 3.61. The van der Waals surface area contributed by atoms with Crippen molar-refractivity contribution in [1.82, 2.24) is 15.1 Å². The van der Waals surface area contributed by atoms with Gasteiger partial charge in [-0.15, -0.1) is 0 Å². The Bertz CT molecular complexity index is 887. The van der Waals surface area contributed by atoms with Crippen LogP contribution in [0.5, 0.6) is 5.75 Å². The highest BCUT2D eigenvalue weighted by Gasteiger charge is 2.19. The van der Waals surface area contributed by atoms with Gasteiger partial charge in [0.2, 0.25) is 0 Å². The van der Waals surface area contributed by atoms with Crippen molar-refractivity contribution in [3.63, 3.8) is 0 Å². The number of amides is 1. The fraction of sp³-hybridized carbons (Fsp3) is 0.238. The zero-order valence-corrected chi connectivity index (χ0v) is 15.3. The summed E-state index contributed by atoms with van der Waals surface area (Å²) in [6.07, 6.45) is 0. The van der Waals surface area contributed by atoms with Crippen LogP contribution in [0.3, 0.4) is 0 Å². The first-order chi connectivity index (χ1) is 12.6. The number of benzene rings is 2. The lowest BCUT2D eigenvalue weighted by atomic mass is 10.1. The summed E-state index contributed by atoms with van der Waals surface area (Å²) < 4.78 is 7.13. The molecule has 1 aromatic heterocycles. The summed E-state index contributed by atoms with van der Waals surface area (Å²) in [5, 5.41) is 7.63. The summed E-state index contributed by atoms with van der Waals surface area (Å²) >= 11 is 0. The standard InChI is InChI=1S/C21H23N3O2/c1-4-24-19(21(25)22-15(2)16-10-6-5-7-11-16)14-18(23-24)17-12-8-9-13-20(17)26-3/h5-15H,4H2,1-3H3,(H,22,25). The lowest BCUT2D eigenvalue weighted by Gasteiger charge is -2.14. The van der Waals surface area contributed by atoms with E-state index in [0.29, 0.717) is 12.2 Å². The van der Waals surface area contributed by atoms with Crippen LogP contribution in [0.15, 0.2) is 60.7 Å². The predicted molar refractivity (Wildman–Crippen MR) is 102 cm³/mol. The van der Waals surface area contributed by atoms with E-state index in [9.17, 15) is 4.79 Å². The number of ether oxygens (including phenoxy) is 1. The normalized spacial score (nSPS) is 11.8. The van der Waals surface area contributed by atoms with E-state index >= 15 is 0 Å². The van der Waals surface area contributed by atoms with Crippen molar-refractivity contribution in [3.8, 4) is 17.0 Å². The van der Waals surface area contributed by atoms with Gasteiger partial charge < -0.3 is 10.1 Å². The zero-order chi connectivity index (χ0) is 18.5. The molecule has 0 bridgehead atoms. The third-order valence-corrected chi connectivity index (χ3v) is 4.34. The summed E-state index contributed by atoms with van der Waals surface area (Å²) in [6, 6.07) is 19.3. The van der Waals surface area contributed by atoms with Crippen molar-refractivity contribution in [1.29, 1.82) is 0 Å². The molecule has 1 heterocycles. The van der Waals surface area contributed by atoms with Gasteiger partial charge in [0, 0.05) is 12.1 Å². The molecule has 0 saturated carbocycles. The summed E-state index contributed by atoms with van der Waals surface area (Å²) in [6.45, 7) is 4.55. The van der Waals surface area contributed by atoms with E-state index in [4.69, 9.17) is 4.74 Å². The summed E-state index contributed by atoms with van der Waals surface area (Å²) in [7, 11) is 1.63. The zero-order valence-electron chi connectivity index (χ0n) is 15.3. The second kappa shape index (κ2) is 7.87. The number of rotatable bonds is 6. The maximum absolute atomic E-state index is 12.8. The third-order valence-electron chi connectivity index (χ3n) is 4.34. The molecule has 0 saturated heterocycles. The molecule has 5 nitrogen and oxygen atoms in total. The molecule has 0 aliphatic heterocycles. The van der Waals surface area contributed by atoms with Crippen LogP contribution in [0.1, 0.15) is 35.9 Å². The number of aryl methyl sites for hydroxylation is 1. The minimum Gasteiger partial charge on any atom is -0.496 e. The number of carbonyl (C=O) groups is 1. The molecule has 1 N–H and O–H groups in total. The van der Waals surface area contributed by atoms with E-state index in [-0.39, 0.29) is 11.9 Å². The molecule has 0 spiro atoms. The van der Waals surface area contributed by atoms with Crippen molar-refractivity contribution in [2.75, 3.05) is 7.11 Å². The molecule has 26 heavy (non-hydrogen) atoms. The van der Waals surface area contributed by atoms with Gasteiger partial charge in [-0.2, -0.15) is 5.10 Å². The number of para-hydroxylation sites is 1. The number of aromatic nitrogens is 2. The first-order valence-corrected chi connectivity index (χ1v) is 8.71. The lowest BCUT2D eigenvalue weighted by Crippen LogP contribution is -2.28. The Morgan fingerprint density at radius 3 is 2.54 bits per heavy atom. The number of methoxy groups -OCH3 is 1. The SMILES string of the molecule is CCn1nc(-c2ccccc2OC)cc1C(=O)NC(C)c1ccccc1. The van der Waals surface area contributed by atoms with E-state index in [1.54, 1.807) is 11.8 Å². The Morgan fingerprint density at radius 2 is 1.85 bits per heavy atom. The summed E-state index contributed by atoms with van der Waals surface area (Å²) in [5.41, 5.74) is 3.19. The minimum atomic E-state index is -0.142. The van der Waals surface area contributed by atoms with Crippen molar-refractivity contribution in [3.05, 3.63) is 71.9 Å². The molecule has 3 aromatic rings. The molecular weight excluding hydrogens is 326 g/mol. The van der Waals surface area contributed by atoms with Gasteiger partial charge in [-0.1, -0.05) is 42.5 Å². The predicted octanol–water partition coefficient (Wildman–Crippen LogP) is 4.07. The van der Waals surface area contributed by atoms with Crippen LogP contribution in [0.2, 0.25) is 0 Å².